The second-order valence-electron chi connectivity index (χ2n) is 4.55. The monoisotopic (exact) mass is 304 g/mol. The summed E-state index contributed by atoms with van der Waals surface area (Å²) < 4.78 is 27.9. The van der Waals surface area contributed by atoms with Gasteiger partial charge in [0.1, 0.15) is 0 Å². The molecule has 0 bridgehead atoms. The van der Waals surface area contributed by atoms with Crippen LogP contribution in [0, 0.1) is 0 Å². The van der Waals surface area contributed by atoms with E-state index in [-0.39, 0.29) is 31.2 Å². The van der Waals surface area contributed by atoms with Crippen molar-refractivity contribution in [3.05, 3.63) is 12.7 Å². The van der Waals surface area contributed by atoms with E-state index in [2.05, 4.69) is 11.9 Å². The van der Waals surface area contributed by atoms with E-state index < -0.39 is 27.7 Å². The second kappa shape index (κ2) is 7.39. The molecule has 8 heteroatoms. The van der Waals surface area contributed by atoms with Crippen LogP contribution in [-0.2, 0) is 24.2 Å². The zero-order valence-electron chi connectivity index (χ0n) is 11.5. The number of carbonyl (C=O) groups is 2. The highest BCUT2D eigenvalue weighted by Gasteiger charge is 2.36. The Labute approximate surface area is 118 Å². The van der Waals surface area contributed by atoms with E-state index in [9.17, 15) is 18.0 Å². The van der Waals surface area contributed by atoms with E-state index in [1.807, 2.05) is 0 Å². The molecular weight excluding hydrogens is 284 g/mol. The Kier molecular flexibility index (Phi) is 6.15. The molecule has 1 rings (SSSR count). The van der Waals surface area contributed by atoms with Crippen LogP contribution >= 0.6 is 0 Å². The summed E-state index contributed by atoms with van der Waals surface area (Å²) in [5, 5.41) is 2.39. The fourth-order valence-corrected chi connectivity index (χ4v) is 3.76. The van der Waals surface area contributed by atoms with Gasteiger partial charge in [-0.1, -0.05) is 6.08 Å². The van der Waals surface area contributed by atoms with E-state index in [1.54, 1.807) is 0 Å². The van der Waals surface area contributed by atoms with Crippen LogP contribution in [0.25, 0.3) is 0 Å². The lowest BCUT2D eigenvalue weighted by atomic mass is 10.2. The number of methoxy groups -OCH3 is 1. The quantitative estimate of drug-likeness (QED) is 0.499. The summed E-state index contributed by atoms with van der Waals surface area (Å²) in [6, 6.07) is -0.461. The Bertz CT molecular complexity index is 474. The summed E-state index contributed by atoms with van der Waals surface area (Å²) in [6.07, 6.45) is 1.82. The van der Waals surface area contributed by atoms with Gasteiger partial charge in [0.05, 0.1) is 18.1 Å². The Morgan fingerprint density at radius 3 is 2.70 bits per heavy atom. The molecule has 0 aromatic heterocycles. The molecule has 20 heavy (non-hydrogen) atoms. The normalized spacial score (nSPS) is 20.4. The van der Waals surface area contributed by atoms with Crippen molar-refractivity contribution in [2.75, 3.05) is 38.3 Å². The fraction of sp³-hybridized carbons (Fsp3) is 0.667. The largest absolute Gasteiger partial charge is 0.383 e. The summed E-state index contributed by atoms with van der Waals surface area (Å²) in [4.78, 5) is 25.1. The van der Waals surface area contributed by atoms with E-state index in [4.69, 9.17) is 4.74 Å². The summed E-state index contributed by atoms with van der Waals surface area (Å²) in [6.45, 7) is 4.07. The maximum Gasteiger partial charge on any atom is 0.312 e. The van der Waals surface area contributed by atoms with Gasteiger partial charge in [0, 0.05) is 26.2 Å². The molecule has 7 nitrogen and oxygen atoms in total. The van der Waals surface area contributed by atoms with Crippen molar-refractivity contribution in [2.45, 2.75) is 12.5 Å². The third-order valence-electron chi connectivity index (χ3n) is 3.05. The number of nitrogens with one attached hydrogen (secondary N) is 1. The van der Waals surface area contributed by atoms with Crippen LogP contribution in [0.2, 0.25) is 0 Å². The first-order chi connectivity index (χ1) is 9.41. The highest BCUT2D eigenvalue weighted by atomic mass is 32.2. The first-order valence-electron chi connectivity index (χ1n) is 6.30. The van der Waals surface area contributed by atoms with Crippen LogP contribution in [0.5, 0.6) is 0 Å². The van der Waals surface area contributed by atoms with Crippen LogP contribution in [0.15, 0.2) is 12.7 Å². The topological polar surface area (TPSA) is 92.8 Å². The van der Waals surface area contributed by atoms with Gasteiger partial charge in [0.15, 0.2) is 9.84 Å². The maximum atomic E-state index is 12.1. The number of ether oxygens (including phenoxy) is 1. The zero-order chi connectivity index (χ0) is 15.2. The Hall–Kier alpha value is -1.41. The van der Waals surface area contributed by atoms with Gasteiger partial charge in [-0.25, -0.2) is 8.42 Å². The lowest BCUT2D eigenvalue weighted by molar-refractivity contribution is -0.147. The lowest BCUT2D eigenvalue weighted by Crippen LogP contribution is -2.49. The van der Waals surface area contributed by atoms with Gasteiger partial charge in [-0.2, -0.15) is 0 Å². The van der Waals surface area contributed by atoms with E-state index in [0.717, 1.165) is 0 Å². The third kappa shape index (κ3) is 4.61. The molecule has 0 aromatic carbocycles. The van der Waals surface area contributed by atoms with Crippen LogP contribution in [-0.4, -0.2) is 69.5 Å². The van der Waals surface area contributed by atoms with E-state index in [0.29, 0.717) is 6.42 Å². The fourth-order valence-electron chi connectivity index (χ4n) is 2.03. The van der Waals surface area contributed by atoms with Gasteiger partial charge < -0.3 is 15.0 Å². The number of carbonyl (C=O) groups excluding carboxylic acids is 2. The summed E-state index contributed by atoms with van der Waals surface area (Å²) in [5.74, 6) is -1.55. The van der Waals surface area contributed by atoms with Gasteiger partial charge in [-0.3, -0.25) is 9.59 Å². The third-order valence-corrected chi connectivity index (χ3v) is 4.80. The first-order valence-corrected chi connectivity index (χ1v) is 8.12. The summed E-state index contributed by atoms with van der Waals surface area (Å²) >= 11 is 0. The van der Waals surface area contributed by atoms with E-state index >= 15 is 0 Å². The zero-order valence-corrected chi connectivity index (χ0v) is 12.3. The van der Waals surface area contributed by atoms with Crippen molar-refractivity contribution in [1.82, 2.24) is 10.2 Å². The number of rotatable bonds is 6. The molecular formula is C12H20N2O5S. The van der Waals surface area contributed by atoms with Gasteiger partial charge in [-0.05, 0) is 6.42 Å². The SMILES string of the molecule is C=CCNC(=O)C(=O)N(CCOC)C1CCS(=O)(=O)C1. The summed E-state index contributed by atoms with van der Waals surface area (Å²) in [7, 11) is -1.65. The van der Waals surface area contributed by atoms with Gasteiger partial charge in [0.25, 0.3) is 0 Å². The molecule has 1 N–H and O–H groups in total. The molecule has 1 heterocycles. The molecule has 0 radical (unpaired) electrons. The van der Waals surface area contributed by atoms with Crippen molar-refractivity contribution in [2.24, 2.45) is 0 Å². The molecule has 0 aliphatic carbocycles. The molecule has 1 aliphatic rings. The minimum absolute atomic E-state index is 0.0444. The molecule has 1 fully saturated rings. The van der Waals surface area contributed by atoms with Crippen molar-refractivity contribution in [1.29, 1.82) is 0 Å². The predicted octanol–water partition coefficient (Wildman–Crippen LogP) is -1.05. The minimum Gasteiger partial charge on any atom is -0.383 e. The van der Waals surface area contributed by atoms with Gasteiger partial charge in [-0.15, -0.1) is 6.58 Å². The van der Waals surface area contributed by atoms with Crippen LogP contribution < -0.4 is 5.32 Å². The predicted molar refractivity (Wildman–Crippen MR) is 73.9 cm³/mol. The highest BCUT2D eigenvalue weighted by Crippen LogP contribution is 2.17. The standard InChI is InChI=1S/C12H20N2O5S/c1-3-5-13-11(15)12(16)14(6-7-19-2)10-4-8-20(17,18)9-10/h3,10H,1,4-9H2,2H3,(H,13,15). The van der Waals surface area contributed by atoms with Crippen LogP contribution in [0.1, 0.15) is 6.42 Å². The molecule has 0 saturated carbocycles. The number of sulfone groups is 1. The Morgan fingerprint density at radius 1 is 1.50 bits per heavy atom. The van der Waals surface area contributed by atoms with Crippen molar-refractivity contribution in [3.8, 4) is 0 Å². The molecule has 0 spiro atoms. The lowest BCUT2D eigenvalue weighted by Gasteiger charge is -2.27. The Morgan fingerprint density at radius 2 is 2.20 bits per heavy atom. The van der Waals surface area contributed by atoms with Crippen LogP contribution in [0.3, 0.4) is 0 Å². The van der Waals surface area contributed by atoms with E-state index in [1.165, 1.54) is 18.1 Å². The number of nitrogens with zero attached hydrogens (tertiary/aromatic N) is 1. The highest BCUT2D eigenvalue weighted by molar-refractivity contribution is 7.91. The maximum absolute atomic E-state index is 12.1. The van der Waals surface area contributed by atoms with Crippen LogP contribution in [0.4, 0.5) is 0 Å². The minimum atomic E-state index is -3.12. The summed E-state index contributed by atoms with van der Waals surface area (Å²) in [5.41, 5.74) is 0. The molecule has 1 unspecified atom stereocenters. The second-order valence-corrected chi connectivity index (χ2v) is 6.78. The number of hydrogen-bond donors (Lipinski definition) is 1. The smallest absolute Gasteiger partial charge is 0.312 e. The molecule has 1 atom stereocenters. The molecule has 2 amide bonds. The molecule has 0 aromatic rings. The van der Waals surface area contributed by atoms with Crippen molar-refractivity contribution >= 4 is 21.7 Å². The number of hydrogen-bond acceptors (Lipinski definition) is 5. The van der Waals surface area contributed by atoms with Crippen molar-refractivity contribution in [3.63, 3.8) is 0 Å². The first kappa shape index (κ1) is 16.6. The average Bonchev–Trinajstić information content (AvgIpc) is 2.76. The Balaban J connectivity index is 2.75. The molecule has 114 valence electrons. The molecule has 1 saturated heterocycles. The van der Waals surface area contributed by atoms with Gasteiger partial charge in [0.2, 0.25) is 0 Å². The average molecular weight is 304 g/mol. The number of amides is 2. The molecule has 1 aliphatic heterocycles. The van der Waals surface area contributed by atoms with Gasteiger partial charge >= 0.3 is 11.8 Å². The van der Waals surface area contributed by atoms with Crippen molar-refractivity contribution < 1.29 is 22.7 Å².